The first kappa shape index (κ1) is 27.1. The van der Waals surface area contributed by atoms with Crippen molar-refractivity contribution in [3.8, 4) is 0 Å². The summed E-state index contributed by atoms with van der Waals surface area (Å²) in [5.74, 6) is -1.14. The maximum absolute atomic E-state index is 14.5. The number of likely N-dealkylation sites (tertiary alicyclic amines) is 1. The average Bonchev–Trinajstić information content (AvgIpc) is 3.35. The quantitative estimate of drug-likeness (QED) is 0.416. The van der Waals surface area contributed by atoms with Gasteiger partial charge in [0.25, 0.3) is 0 Å². The molecule has 0 bridgehead atoms. The lowest BCUT2D eigenvalue weighted by molar-refractivity contribution is -0.137. The maximum atomic E-state index is 14.5. The molecule has 9 heteroatoms. The summed E-state index contributed by atoms with van der Waals surface area (Å²) < 4.78 is 65.4. The molecule has 6 nitrogen and oxygen atoms in total. The van der Waals surface area contributed by atoms with E-state index in [2.05, 4.69) is 18.2 Å². The number of halogens is 1. The zero-order chi connectivity index (χ0) is 28.1. The van der Waals surface area contributed by atoms with Crippen LogP contribution in [0.3, 0.4) is 0 Å². The summed E-state index contributed by atoms with van der Waals surface area (Å²) in [7, 11) is -7.17. The van der Waals surface area contributed by atoms with Crippen LogP contribution >= 0.6 is 0 Å². The summed E-state index contributed by atoms with van der Waals surface area (Å²) in [5, 5.41) is 0. The van der Waals surface area contributed by atoms with E-state index in [1.807, 2.05) is 30.3 Å². The summed E-state index contributed by atoms with van der Waals surface area (Å²) in [6.07, 6.45) is 2.61. The second-order valence-electron chi connectivity index (χ2n) is 11.3. The number of aryl methyl sites for hydroxylation is 1. The van der Waals surface area contributed by atoms with Gasteiger partial charge in [0, 0.05) is 12.5 Å². The second-order valence-corrected chi connectivity index (χ2v) is 15.8. The van der Waals surface area contributed by atoms with Crippen LogP contribution in [-0.4, -0.2) is 51.7 Å². The molecule has 0 aromatic heterocycles. The minimum absolute atomic E-state index is 0.0199. The Labute approximate surface area is 235 Å². The Morgan fingerprint density at radius 2 is 1.62 bits per heavy atom. The molecule has 2 fully saturated rings. The van der Waals surface area contributed by atoms with Crippen molar-refractivity contribution < 1.29 is 26.0 Å². The SMILES string of the molecule is O=C(C1CCS(=O)(=O)CC1)N1CC[C@@]2(S(=O)(=O)c3ccc(F)cc3)c3ccc(Cc4ccccc4)cc3CC[C@@H]12. The van der Waals surface area contributed by atoms with Gasteiger partial charge < -0.3 is 4.90 Å². The number of rotatable bonds is 5. The molecule has 40 heavy (non-hydrogen) atoms. The summed E-state index contributed by atoms with van der Waals surface area (Å²) in [5.41, 5.74) is 3.93. The highest BCUT2D eigenvalue weighted by Gasteiger charge is 2.61. The number of sulfone groups is 2. The minimum atomic E-state index is -4.03. The first-order chi connectivity index (χ1) is 19.1. The highest BCUT2D eigenvalue weighted by molar-refractivity contribution is 7.92. The largest absolute Gasteiger partial charge is 0.337 e. The Bertz CT molecular complexity index is 1640. The van der Waals surface area contributed by atoms with Crippen molar-refractivity contribution in [2.75, 3.05) is 18.1 Å². The predicted molar refractivity (Wildman–Crippen MR) is 151 cm³/mol. The number of carbonyl (C=O) groups is 1. The van der Waals surface area contributed by atoms with Crippen LogP contribution in [-0.2, 0) is 42.1 Å². The summed E-state index contributed by atoms with van der Waals surface area (Å²) in [4.78, 5) is 15.5. The Hall–Kier alpha value is -3.04. The summed E-state index contributed by atoms with van der Waals surface area (Å²) >= 11 is 0. The van der Waals surface area contributed by atoms with Crippen LogP contribution in [0.1, 0.15) is 47.9 Å². The molecule has 2 saturated heterocycles. The van der Waals surface area contributed by atoms with Crippen molar-refractivity contribution >= 4 is 25.6 Å². The molecule has 3 aromatic carbocycles. The van der Waals surface area contributed by atoms with E-state index in [-0.39, 0.29) is 48.1 Å². The van der Waals surface area contributed by atoms with Crippen LogP contribution in [0.25, 0.3) is 0 Å². The molecule has 3 aromatic rings. The molecule has 6 rings (SSSR count). The fourth-order valence-electron chi connectivity index (χ4n) is 6.98. The van der Waals surface area contributed by atoms with Gasteiger partial charge in [-0.2, -0.15) is 0 Å². The van der Waals surface area contributed by atoms with Gasteiger partial charge in [-0.05, 0) is 85.0 Å². The lowest BCUT2D eigenvalue weighted by Gasteiger charge is -2.43. The van der Waals surface area contributed by atoms with Gasteiger partial charge in [0.15, 0.2) is 9.84 Å². The monoisotopic (exact) mass is 581 g/mol. The molecule has 3 aliphatic rings. The number of hydrogen-bond donors (Lipinski definition) is 0. The van der Waals surface area contributed by atoms with E-state index < -0.39 is 42.2 Å². The molecule has 210 valence electrons. The van der Waals surface area contributed by atoms with Gasteiger partial charge in [-0.1, -0.05) is 48.5 Å². The van der Waals surface area contributed by atoms with Crippen LogP contribution in [0.4, 0.5) is 4.39 Å². The molecule has 2 heterocycles. The highest BCUT2D eigenvalue weighted by Crippen LogP contribution is 2.53. The number of nitrogens with zero attached hydrogens (tertiary/aromatic N) is 1. The third kappa shape index (κ3) is 4.57. The Kier molecular flexibility index (Phi) is 6.86. The van der Waals surface area contributed by atoms with Gasteiger partial charge in [-0.3, -0.25) is 4.79 Å². The fraction of sp³-hybridized carbons (Fsp3) is 0.387. The Morgan fingerprint density at radius 3 is 2.33 bits per heavy atom. The van der Waals surface area contributed by atoms with E-state index in [1.54, 1.807) is 4.90 Å². The smallest absolute Gasteiger partial charge is 0.226 e. The maximum Gasteiger partial charge on any atom is 0.226 e. The predicted octanol–water partition coefficient (Wildman–Crippen LogP) is 4.46. The van der Waals surface area contributed by atoms with E-state index in [0.717, 1.165) is 35.2 Å². The molecule has 0 unspecified atom stereocenters. The number of amides is 1. The molecular formula is C31H32FNO5S2. The van der Waals surface area contributed by atoms with Gasteiger partial charge in [0.1, 0.15) is 20.4 Å². The van der Waals surface area contributed by atoms with Crippen LogP contribution in [0, 0.1) is 11.7 Å². The fourth-order valence-corrected chi connectivity index (χ4v) is 10.8. The topological polar surface area (TPSA) is 88.6 Å². The van der Waals surface area contributed by atoms with Crippen molar-refractivity contribution in [3.05, 3.63) is 101 Å². The Morgan fingerprint density at radius 1 is 0.925 bits per heavy atom. The molecule has 2 aliphatic heterocycles. The lowest BCUT2D eigenvalue weighted by Crippen LogP contribution is -2.53. The highest BCUT2D eigenvalue weighted by atomic mass is 32.2. The molecule has 0 saturated carbocycles. The Balaban J connectivity index is 1.41. The van der Waals surface area contributed by atoms with Crippen molar-refractivity contribution in [2.45, 2.75) is 54.2 Å². The number of fused-ring (bicyclic) bond motifs is 3. The van der Waals surface area contributed by atoms with Crippen LogP contribution in [0.15, 0.2) is 77.7 Å². The summed E-state index contributed by atoms with van der Waals surface area (Å²) in [6, 6.07) is 20.4. The molecule has 2 atom stereocenters. The normalized spacial score (nSPS) is 24.3. The van der Waals surface area contributed by atoms with Gasteiger partial charge >= 0.3 is 0 Å². The van der Waals surface area contributed by atoms with Crippen LogP contribution in [0.2, 0.25) is 0 Å². The number of benzene rings is 3. The van der Waals surface area contributed by atoms with Gasteiger partial charge in [-0.15, -0.1) is 0 Å². The molecule has 0 N–H and O–H groups in total. The third-order valence-corrected chi connectivity index (χ3v) is 13.3. The van der Waals surface area contributed by atoms with Gasteiger partial charge in [-0.25, -0.2) is 21.2 Å². The van der Waals surface area contributed by atoms with Crippen LogP contribution < -0.4 is 0 Å². The van der Waals surface area contributed by atoms with E-state index in [9.17, 15) is 26.0 Å². The molecule has 1 aliphatic carbocycles. The van der Waals surface area contributed by atoms with E-state index in [0.29, 0.717) is 18.4 Å². The zero-order valence-corrected chi connectivity index (χ0v) is 23.8. The minimum Gasteiger partial charge on any atom is -0.337 e. The van der Waals surface area contributed by atoms with Crippen LogP contribution in [0.5, 0.6) is 0 Å². The second kappa shape index (κ2) is 10.1. The first-order valence-electron chi connectivity index (χ1n) is 13.8. The standard InChI is InChI=1S/C31H32FNO5S2/c32-26-8-10-27(11-9-26)40(37,38)31-16-17-33(30(34)24-14-18-39(35,36)19-15-24)29(31)13-7-25-21-23(6-12-28(25)31)20-22-4-2-1-3-5-22/h1-6,8-12,21,24,29H,7,13-20H2/t29-,31-/m1/s1. The van der Waals surface area contributed by atoms with Gasteiger partial charge in [0.05, 0.1) is 22.4 Å². The number of carbonyl (C=O) groups excluding carboxylic acids is 1. The average molecular weight is 582 g/mol. The molecular weight excluding hydrogens is 549 g/mol. The molecule has 1 amide bonds. The summed E-state index contributed by atoms with van der Waals surface area (Å²) in [6.45, 7) is 0.276. The zero-order valence-electron chi connectivity index (χ0n) is 22.1. The van der Waals surface area contributed by atoms with Crippen molar-refractivity contribution in [3.63, 3.8) is 0 Å². The van der Waals surface area contributed by atoms with E-state index in [4.69, 9.17) is 0 Å². The third-order valence-electron chi connectivity index (χ3n) is 8.99. The van der Waals surface area contributed by atoms with E-state index >= 15 is 0 Å². The molecule has 0 radical (unpaired) electrons. The van der Waals surface area contributed by atoms with E-state index in [1.165, 1.54) is 12.1 Å². The number of hydrogen-bond acceptors (Lipinski definition) is 5. The van der Waals surface area contributed by atoms with Crippen molar-refractivity contribution in [1.29, 1.82) is 0 Å². The molecule has 0 spiro atoms. The van der Waals surface area contributed by atoms with Crippen molar-refractivity contribution in [2.24, 2.45) is 5.92 Å². The first-order valence-corrected chi connectivity index (χ1v) is 17.1. The van der Waals surface area contributed by atoms with Crippen molar-refractivity contribution in [1.82, 2.24) is 4.90 Å². The lowest BCUT2D eigenvalue weighted by atomic mass is 9.77. The van der Waals surface area contributed by atoms with Gasteiger partial charge in [0.2, 0.25) is 5.91 Å².